The molecule has 0 aliphatic heterocycles. The fourth-order valence-electron chi connectivity index (χ4n) is 1.86. The van der Waals surface area contributed by atoms with Crippen LogP contribution < -0.4 is 0 Å². The first-order valence-corrected chi connectivity index (χ1v) is 7.17. The molecule has 0 saturated heterocycles. The van der Waals surface area contributed by atoms with E-state index in [1.54, 1.807) is 24.3 Å². The first-order chi connectivity index (χ1) is 9.26. The molecule has 2 rings (SSSR count). The van der Waals surface area contributed by atoms with Crippen molar-refractivity contribution in [2.24, 2.45) is 0 Å². The molecule has 0 N–H and O–H groups in total. The summed E-state index contributed by atoms with van der Waals surface area (Å²) in [4.78, 5) is 12.3. The van der Waals surface area contributed by atoms with Crippen LogP contribution in [0.4, 0.5) is 0 Å². The first kappa shape index (κ1) is 13.4. The molecule has 0 aromatic heterocycles. The van der Waals surface area contributed by atoms with E-state index in [2.05, 4.69) is 6.07 Å². The summed E-state index contributed by atoms with van der Waals surface area (Å²) in [5, 5.41) is 8.84. The summed E-state index contributed by atoms with van der Waals surface area (Å²) in [5.74, 6) is -0.0137. The molecule has 2 nitrogen and oxygen atoms in total. The normalized spacial score (nSPS) is 11.6. The zero-order chi connectivity index (χ0) is 13.7. The maximum Gasteiger partial charge on any atom is 0.193 e. The minimum atomic E-state index is -0.233. The predicted molar refractivity (Wildman–Crippen MR) is 78.2 cm³/mol. The second-order valence-electron chi connectivity index (χ2n) is 4.07. The standard InChI is InChI=1S/C16H13NOS/c1-19-15(11-17)13-8-5-9-14(10-13)16(18)12-6-3-2-4-7-12/h2-10,15H,1H3. The van der Waals surface area contributed by atoms with E-state index in [-0.39, 0.29) is 11.0 Å². The van der Waals surface area contributed by atoms with Gasteiger partial charge >= 0.3 is 0 Å². The average molecular weight is 267 g/mol. The molecule has 0 heterocycles. The van der Waals surface area contributed by atoms with Gasteiger partial charge < -0.3 is 0 Å². The van der Waals surface area contributed by atoms with Gasteiger partial charge in [0.05, 0.1) is 6.07 Å². The van der Waals surface area contributed by atoms with E-state index in [1.165, 1.54) is 11.8 Å². The summed E-state index contributed by atoms with van der Waals surface area (Å²) in [6.45, 7) is 0. The van der Waals surface area contributed by atoms with Gasteiger partial charge in [-0.25, -0.2) is 0 Å². The van der Waals surface area contributed by atoms with Gasteiger partial charge in [-0.05, 0) is 17.9 Å². The van der Waals surface area contributed by atoms with Crippen LogP contribution in [0.25, 0.3) is 0 Å². The van der Waals surface area contributed by atoms with Crippen molar-refractivity contribution in [3.8, 4) is 6.07 Å². The van der Waals surface area contributed by atoms with Crippen LogP contribution in [0.15, 0.2) is 54.6 Å². The van der Waals surface area contributed by atoms with E-state index >= 15 is 0 Å². The summed E-state index contributed by atoms with van der Waals surface area (Å²) in [5.41, 5.74) is 2.16. The van der Waals surface area contributed by atoms with Crippen molar-refractivity contribution in [3.05, 3.63) is 71.3 Å². The Bertz CT molecular complexity index is 616. The Hall–Kier alpha value is -2.05. The largest absolute Gasteiger partial charge is 0.289 e. The molecular formula is C16H13NOS. The minimum absolute atomic E-state index is 0.0137. The molecule has 0 amide bonds. The van der Waals surface area contributed by atoms with Gasteiger partial charge in [-0.2, -0.15) is 5.26 Å². The van der Waals surface area contributed by atoms with E-state index in [9.17, 15) is 4.79 Å². The SMILES string of the molecule is CSC(C#N)c1cccc(C(=O)c2ccccc2)c1. The van der Waals surface area contributed by atoms with Crippen LogP contribution in [-0.2, 0) is 0 Å². The zero-order valence-electron chi connectivity index (χ0n) is 10.5. The van der Waals surface area contributed by atoms with Crippen molar-refractivity contribution < 1.29 is 4.79 Å². The number of carbonyl (C=O) groups is 1. The van der Waals surface area contributed by atoms with Crippen molar-refractivity contribution in [2.45, 2.75) is 5.25 Å². The fraction of sp³-hybridized carbons (Fsp3) is 0.125. The topological polar surface area (TPSA) is 40.9 Å². The maximum atomic E-state index is 12.3. The summed E-state index contributed by atoms with van der Waals surface area (Å²) in [6, 6.07) is 18.7. The Morgan fingerprint density at radius 1 is 1.11 bits per heavy atom. The number of rotatable bonds is 4. The highest BCUT2D eigenvalue weighted by atomic mass is 32.2. The monoisotopic (exact) mass is 267 g/mol. The van der Waals surface area contributed by atoms with Gasteiger partial charge in [-0.15, -0.1) is 11.8 Å². The maximum absolute atomic E-state index is 12.3. The van der Waals surface area contributed by atoms with Crippen molar-refractivity contribution in [1.29, 1.82) is 5.26 Å². The van der Waals surface area contributed by atoms with Crippen LogP contribution in [0.2, 0.25) is 0 Å². The Morgan fingerprint density at radius 2 is 1.79 bits per heavy atom. The van der Waals surface area contributed by atoms with Crippen LogP contribution in [0.5, 0.6) is 0 Å². The van der Waals surface area contributed by atoms with Gasteiger partial charge in [-0.3, -0.25) is 4.79 Å². The number of thioether (sulfide) groups is 1. The van der Waals surface area contributed by atoms with Gasteiger partial charge in [-0.1, -0.05) is 48.5 Å². The minimum Gasteiger partial charge on any atom is -0.289 e. The van der Waals surface area contributed by atoms with Crippen LogP contribution in [0.1, 0.15) is 26.7 Å². The Balaban J connectivity index is 2.34. The van der Waals surface area contributed by atoms with E-state index < -0.39 is 0 Å². The van der Waals surface area contributed by atoms with E-state index in [1.807, 2.05) is 36.6 Å². The molecule has 2 aromatic carbocycles. The van der Waals surface area contributed by atoms with Gasteiger partial charge in [0.25, 0.3) is 0 Å². The van der Waals surface area contributed by atoms with E-state index in [0.29, 0.717) is 11.1 Å². The number of hydrogen-bond donors (Lipinski definition) is 0. The average Bonchev–Trinajstić information content (AvgIpc) is 2.49. The van der Waals surface area contributed by atoms with Crippen LogP contribution in [-0.4, -0.2) is 12.0 Å². The molecule has 0 saturated carbocycles. The smallest absolute Gasteiger partial charge is 0.193 e. The molecule has 0 radical (unpaired) electrons. The molecular weight excluding hydrogens is 254 g/mol. The molecule has 3 heteroatoms. The number of nitrogens with zero attached hydrogens (tertiary/aromatic N) is 1. The molecule has 0 aliphatic rings. The quantitative estimate of drug-likeness (QED) is 0.790. The third-order valence-electron chi connectivity index (χ3n) is 2.84. The second-order valence-corrected chi connectivity index (χ2v) is 5.01. The fourth-order valence-corrected chi connectivity index (χ4v) is 2.39. The van der Waals surface area contributed by atoms with Crippen molar-refractivity contribution in [2.75, 3.05) is 6.26 Å². The van der Waals surface area contributed by atoms with Gasteiger partial charge in [0.15, 0.2) is 5.78 Å². The summed E-state index contributed by atoms with van der Waals surface area (Å²) in [6.07, 6.45) is 1.89. The summed E-state index contributed by atoms with van der Waals surface area (Å²) >= 11 is 1.47. The first-order valence-electron chi connectivity index (χ1n) is 5.88. The Morgan fingerprint density at radius 3 is 2.42 bits per heavy atom. The Kier molecular flexibility index (Phi) is 4.38. The highest BCUT2D eigenvalue weighted by Gasteiger charge is 2.13. The lowest BCUT2D eigenvalue weighted by Crippen LogP contribution is -2.02. The summed E-state index contributed by atoms with van der Waals surface area (Å²) in [7, 11) is 0. The van der Waals surface area contributed by atoms with Crippen LogP contribution in [0, 0.1) is 11.3 Å². The molecule has 94 valence electrons. The van der Waals surface area contributed by atoms with Gasteiger partial charge in [0, 0.05) is 11.1 Å². The highest BCUT2D eigenvalue weighted by Crippen LogP contribution is 2.26. The molecule has 0 aliphatic carbocycles. The number of carbonyl (C=O) groups excluding carboxylic acids is 1. The molecule has 1 unspecified atom stereocenters. The van der Waals surface area contributed by atoms with E-state index in [0.717, 1.165) is 5.56 Å². The van der Waals surface area contributed by atoms with Crippen LogP contribution >= 0.6 is 11.8 Å². The Labute approximate surface area is 117 Å². The molecule has 2 aromatic rings. The third kappa shape index (κ3) is 3.04. The molecule has 0 fully saturated rings. The number of hydrogen-bond acceptors (Lipinski definition) is 3. The van der Waals surface area contributed by atoms with Crippen molar-refractivity contribution in [1.82, 2.24) is 0 Å². The molecule has 1 atom stereocenters. The lowest BCUT2D eigenvalue weighted by atomic mass is 10.0. The predicted octanol–water partition coefficient (Wildman–Crippen LogP) is 3.85. The van der Waals surface area contributed by atoms with Crippen molar-refractivity contribution >= 4 is 17.5 Å². The second kappa shape index (κ2) is 6.21. The van der Waals surface area contributed by atoms with Gasteiger partial charge in [0.2, 0.25) is 0 Å². The number of ketones is 1. The van der Waals surface area contributed by atoms with E-state index in [4.69, 9.17) is 5.26 Å². The number of benzene rings is 2. The van der Waals surface area contributed by atoms with Gasteiger partial charge in [0.1, 0.15) is 5.25 Å². The third-order valence-corrected chi connectivity index (χ3v) is 3.69. The zero-order valence-corrected chi connectivity index (χ0v) is 11.4. The lowest BCUT2D eigenvalue weighted by Gasteiger charge is -2.08. The molecule has 0 bridgehead atoms. The molecule has 19 heavy (non-hydrogen) atoms. The summed E-state index contributed by atoms with van der Waals surface area (Å²) < 4.78 is 0. The molecule has 0 spiro atoms. The van der Waals surface area contributed by atoms with Crippen LogP contribution in [0.3, 0.4) is 0 Å². The van der Waals surface area contributed by atoms with Crippen molar-refractivity contribution in [3.63, 3.8) is 0 Å². The lowest BCUT2D eigenvalue weighted by molar-refractivity contribution is 0.103. The number of nitriles is 1. The highest BCUT2D eigenvalue weighted by molar-refractivity contribution is 7.99.